The fourth-order valence-corrected chi connectivity index (χ4v) is 3.75. The second-order valence-corrected chi connectivity index (χ2v) is 8.23. The number of hydrogen-bond acceptors (Lipinski definition) is 5. The molecule has 0 aliphatic carbocycles. The quantitative estimate of drug-likeness (QED) is 0.411. The van der Waals surface area contributed by atoms with Gasteiger partial charge in [0, 0.05) is 28.2 Å². The predicted molar refractivity (Wildman–Crippen MR) is 111 cm³/mol. The van der Waals surface area contributed by atoms with Crippen LogP contribution >= 0.6 is 0 Å². The highest BCUT2D eigenvalue weighted by atomic mass is 32.2. The number of anilines is 1. The smallest absolute Gasteiger partial charge is 0.229 e. The van der Waals surface area contributed by atoms with Gasteiger partial charge in [-0.25, -0.2) is 8.42 Å². The highest BCUT2D eigenvalue weighted by Crippen LogP contribution is 2.23. The average molecular weight is 391 g/mol. The number of sulfonamides is 1. The summed E-state index contributed by atoms with van der Waals surface area (Å²) >= 11 is 0. The van der Waals surface area contributed by atoms with E-state index in [0.717, 1.165) is 22.8 Å². The van der Waals surface area contributed by atoms with E-state index in [1.54, 1.807) is 24.4 Å². The van der Waals surface area contributed by atoms with E-state index in [1.165, 1.54) is 0 Å². The molecule has 2 N–H and O–H groups in total. The number of fused-ring (bicyclic) bond motifs is 2. The average Bonchev–Trinajstić information content (AvgIpc) is 2.83. The summed E-state index contributed by atoms with van der Waals surface area (Å²) in [6, 6.07) is 20.5. The van der Waals surface area contributed by atoms with Crippen LogP contribution in [-0.4, -0.2) is 24.9 Å². The monoisotopic (exact) mass is 391 g/mol. The maximum Gasteiger partial charge on any atom is 0.229 e. The summed E-state index contributed by atoms with van der Waals surface area (Å²) < 4.78 is 25.6. The van der Waals surface area contributed by atoms with Gasteiger partial charge < -0.3 is 5.21 Å². The lowest BCUT2D eigenvalue weighted by Gasteiger charge is -2.05. The molecule has 1 heterocycles. The zero-order chi connectivity index (χ0) is 19.7. The van der Waals surface area contributed by atoms with Gasteiger partial charge in [-0.2, -0.15) is 0 Å². The Kier molecular flexibility index (Phi) is 4.44. The zero-order valence-corrected chi connectivity index (χ0v) is 15.8. The van der Waals surface area contributed by atoms with Crippen LogP contribution in [0.1, 0.15) is 0 Å². The Labute approximate surface area is 161 Å². The molecule has 28 heavy (non-hydrogen) atoms. The van der Waals surface area contributed by atoms with Gasteiger partial charge in [0.15, 0.2) is 0 Å². The van der Waals surface area contributed by atoms with Crippen LogP contribution in [0.4, 0.5) is 5.69 Å². The molecule has 4 aromatic rings. The number of pyridine rings is 1. The van der Waals surface area contributed by atoms with Crippen LogP contribution in [0.25, 0.3) is 32.8 Å². The molecule has 7 heteroatoms. The summed E-state index contributed by atoms with van der Waals surface area (Å²) in [4.78, 5) is 4.53. The molecule has 140 valence electrons. The Balaban J connectivity index is 2.05. The first-order valence-corrected chi connectivity index (χ1v) is 10.4. The van der Waals surface area contributed by atoms with Gasteiger partial charge >= 0.3 is 0 Å². The summed E-state index contributed by atoms with van der Waals surface area (Å²) in [5.74, 6) is 0. The number of nitrogens with zero attached hydrogens (tertiary/aromatic N) is 2. The van der Waals surface area contributed by atoms with Gasteiger partial charge in [-0.05, 0) is 35.2 Å². The van der Waals surface area contributed by atoms with Gasteiger partial charge in [-0.15, -0.1) is 0 Å². The van der Waals surface area contributed by atoms with E-state index in [-0.39, 0.29) is 0 Å². The molecule has 0 saturated carbocycles. The van der Waals surface area contributed by atoms with E-state index in [2.05, 4.69) is 14.9 Å². The van der Waals surface area contributed by atoms with E-state index in [4.69, 9.17) is 0 Å². The second kappa shape index (κ2) is 6.94. The van der Waals surface area contributed by atoms with Crippen molar-refractivity contribution in [3.05, 3.63) is 78.3 Å². The fourth-order valence-electron chi connectivity index (χ4n) is 3.19. The molecule has 0 unspecified atom stereocenters. The molecule has 6 nitrogen and oxygen atoms in total. The first-order chi connectivity index (χ1) is 13.4. The van der Waals surface area contributed by atoms with Crippen molar-refractivity contribution >= 4 is 37.4 Å². The Hall–Kier alpha value is -3.45. The van der Waals surface area contributed by atoms with Crippen LogP contribution in [0, 0.1) is 0 Å². The Morgan fingerprint density at radius 2 is 1.68 bits per heavy atom. The Morgan fingerprint density at radius 1 is 0.929 bits per heavy atom. The van der Waals surface area contributed by atoms with Crippen LogP contribution in [0.3, 0.4) is 0 Å². The van der Waals surface area contributed by atoms with Crippen LogP contribution in [-0.2, 0) is 10.0 Å². The molecule has 0 spiro atoms. The molecule has 4 rings (SSSR count). The molecule has 0 saturated heterocycles. The van der Waals surface area contributed by atoms with Crippen molar-refractivity contribution in [1.82, 2.24) is 4.98 Å². The standard InChI is InChI=1S/C21H17N3O3S/c1-28(26,27)24-17-9-7-15-8-10-20-19(21(23-25)18(15)12-17)11-16(13-22-20)14-5-3-2-4-6-14/h2-13,24-25H,1H3. The number of aromatic nitrogens is 1. The van der Waals surface area contributed by atoms with E-state index in [1.807, 2.05) is 48.5 Å². The molecule has 0 amide bonds. The normalized spacial score (nSPS) is 12.4. The molecule has 0 aliphatic rings. The third-order valence-corrected chi connectivity index (χ3v) is 5.02. The SMILES string of the molecule is CS(=O)(=O)Nc1ccc2ccc3ncc(-c4ccccc4)cc3c(=NO)c2c1. The van der Waals surface area contributed by atoms with Gasteiger partial charge in [0.25, 0.3) is 0 Å². The summed E-state index contributed by atoms with van der Waals surface area (Å²) in [6.07, 6.45) is 2.87. The van der Waals surface area contributed by atoms with Crippen molar-refractivity contribution < 1.29 is 13.6 Å². The minimum absolute atomic E-state index is 0.331. The van der Waals surface area contributed by atoms with Crippen molar-refractivity contribution in [2.24, 2.45) is 5.16 Å². The van der Waals surface area contributed by atoms with E-state index >= 15 is 0 Å². The third kappa shape index (κ3) is 3.52. The minimum Gasteiger partial charge on any atom is -0.410 e. The van der Waals surface area contributed by atoms with Gasteiger partial charge in [-0.1, -0.05) is 47.6 Å². The van der Waals surface area contributed by atoms with Crippen molar-refractivity contribution in [1.29, 1.82) is 0 Å². The Morgan fingerprint density at radius 3 is 2.39 bits per heavy atom. The predicted octanol–water partition coefficient (Wildman–Crippen LogP) is 3.72. The summed E-state index contributed by atoms with van der Waals surface area (Å²) in [5.41, 5.74) is 2.95. The highest BCUT2D eigenvalue weighted by molar-refractivity contribution is 7.92. The van der Waals surface area contributed by atoms with E-state index in [0.29, 0.717) is 27.3 Å². The van der Waals surface area contributed by atoms with Gasteiger partial charge in [0.1, 0.15) is 5.36 Å². The summed E-state index contributed by atoms with van der Waals surface area (Å²) in [7, 11) is -3.42. The molecule has 3 aromatic carbocycles. The Bertz CT molecular complexity index is 1370. The number of nitrogens with one attached hydrogen (secondary N) is 1. The van der Waals surface area contributed by atoms with Crippen LogP contribution in [0.5, 0.6) is 0 Å². The summed E-state index contributed by atoms with van der Waals surface area (Å²) in [6.45, 7) is 0. The maximum absolute atomic E-state index is 11.6. The highest BCUT2D eigenvalue weighted by Gasteiger charge is 2.08. The lowest BCUT2D eigenvalue weighted by Crippen LogP contribution is -2.10. The molecule has 0 atom stereocenters. The van der Waals surface area contributed by atoms with Crippen LogP contribution in [0.15, 0.2) is 78.1 Å². The molecule has 0 fully saturated rings. The molecular formula is C21H17N3O3S. The van der Waals surface area contributed by atoms with Gasteiger partial charge in [-0.3, -0.25) is 9.71 Å². The van der Waals surface area contributed by atoms with E-state index < -0.39 is 10.0 Å². The molecule has 1 aromatic heterocycles. The van der Waals surface area contributed by atoms with Gasteiger partial charge in [0.2, 0.25) is 10.0 Å². The van der Waals surface area contributed by atoms with Crippen molar-refractivity contribution in [3.63, 3.8) is 0 Å². The van der Waals surface area contributed by atoms with Crippen molar-refractivity contribution in [2.75, 3.05) is 11.0 Å². The summed E-state index contributed by atoms with van der Waals surface area (Å²) in [5, 5.41) is 15.7. The third-order valence-electron chi connectivity index (χ3n) is 4.41. The van der Waals surface area contributed by atoms with Crippen molar-refractivity contribution in [3.8, 4) is 11.1 Å². The molecule has 0 bridgehead atoms. The van der Waals surface area contributed by atoms with E-state index in [9.17, 15) is 13.6 Å². The fraction of sp³-hybridized carbons (Fsp3) is 0.0476. The first kappa shape index (κ1) is 17.9. The molecule has 0 radical (unpaired) electrons. The largest absolute Gasteiger partial charge is 0.410 e. The molecular weight excluding hydrogens is 374 g/mol. The van der Waals surface area contributed by atoms with Crippen LogP contribution in [0.2, 0.25) is 0 Å². The van der Waals surface area contributed by atoms with Crippen LogP contribution < -0.4 is 10.1 Å². The van der Waals surface area contributed by atoms with Gasteiger partial charge in [0.05, 0.1) is 11.8 Å². The zero-order valence-electron chi connectivity index (χ0n) is 15.0. The number of benzene rings is 2. The number of hydrogen-bond donors (Lipinski definition) is 2. The minimum atomic E-state index is -3.42. The lowest BCUT2D eigenvalue weighted by molar-refractivity contribution is 0.304. The number of rotatable bonds is 3. The molecule has 0 aliphatic heterocycles. The lowest BCUT2D eigenvalue weighted by atomic mass is 10.1. The van der Waals surface area contributed by atoms with Crippen molar-refractivity contribution in [2.45, 2.75) is 0 Å². The maximum atomic E-state index is 11.6. The second-order valence-electron chi connectivity index (χ2n) is 6.48. The first-order valence-electron chi connectivity index (χ1n) is 8.53. The topological polar surface area (TPSA) is 91.7 Å².